The van der Waals surface area contributed by atoms with Gasteiger partial charge in [-0.15, -0.1) is 0 Å². The Morgan fingerprint density at radius 2 is 2.21 bits per heavy atom. The van der Waals surface area contributed by atoms with Crippen LogP contribution in [-0.4, -0.2) is 43.6 Å². The second-order valence-corrected chi connectivity index (χ2v) is 4.14. The van der Waals surface area contributed by atoms with Gasteiger partial charge < -0.3 is 16.0 Å². The van der Waals surface area contributed by atoms with Crippen LogP contribution in [-0.2, 0) is 0 Å². The van der Waals surface area contributed by atoms with Crippen LogP contribution in [0.2, 0.25) is 0 Å². The first kappa shape index (κ1) is 9.77. The first-order valence-electron chi connectivity index (χ1n) is 5.63. The molecule has 0 aromatic heterocycles. The maximum atomic E-state index is 5.57. The molecule has 0 bridgehead atoms. The molecule has 14 heavy (non-hydrogen) atoms. The number of rotatable bonds is 2. The summed E-state index contributed by atoms with van der Waals surface area (Å²) in [6.45, 7) is 5.09. The van der Waals surface area contributed by atoms with Crippen LogP contribution in [0, 0.1) is 5.92 Å². The lowest BCUT2D eigenvalue weighted by Gasteiger charge is -2.33. The van der Waals surface area contributed by atoms with Crippen molar-refractivity contribution in [1.29, 1.82) is 0 Å². The third kappa shape index (κ3) is 2.18. The number of hydrogen-bond donors (Lipinski definition) is 2. The molecule has 4 heteroatoms. The van der Waals surface area contributed by atoms with Crippen molar-refractivity contribution in [2.45, 2.75) is 19.3 Å². The Bertz CT molecular complexity index is 206. The molecule has 0 saturated carbocycles. The highest BCUT2D eigenvalue weighted by atomic mass is 15.3. The molecule has 0 unspecified atom stereocenters. The van der Waals surface area contributed by atoms with E-state index in [1.165, 1.54) is 19.3 Å². The third-order valence-electron chi connectivity index (χ3n) is 3.15. The zero-order valence-corrected chi connectivity index (χ0v) is 8.71. The van der Waals surface area contributed by atoms with Crippen LogP contribution in [0.4, 0.5) is 0 Å². The SMILES string of the molecule is NCCC1CCN(C2=NCCN2)CC1. The Kier molecular flexibility index (Phi) is 3.24. The number of aliphatic imine (C=N–C) groups is 1. The summed E-state index contributed by atoms with van der Waals surface area (Å²) in [5.41, 5.74) is 5.57. The number of likely N-dealkylation sites (tertiary alicyclic amines) is 1. The number of guanidine groups is 1. The topological polar surface area (TPSA) is 53.6 Å². The van der Waals surface area contributed by atoms with Gasteiger partial charge in [0.25, 0.3) is 0 Å². The fourth-order valence-corrected chi connectivity index (χ4v) is 2.27. The lowest BCUT2D eigenvalue weighted by atomic mass is 9.94. The van der Waals surface area contributed by atoms with Crippen molar-refractivity contribution >= 4 is 5.96 Å². The van der Waals surface area contributed by atoms with Crippen molar-refractivity contribution in [3.8, 4) is 0 Å². The minimum absolute atomic E-state index is 0.837. The summed E-state index contributed by atoms with van der Waals surface area (Å²) < 4.78 is 0. The van der Waals surface area contributed by atoms with Gasteiger partial charge in [0.1, 0.15) is 0 Å². The normalized spacial score (nSPS) is 23.5. The molecule has 0 amide bonds. The Morgan fingerprint density at radius 3 is 2.79 bits per heavy atom. The summed E-state index contributed by atoms with van der Waals surface area (Å²) in [6.07, 6.45) is 3.74. The quantitative estimate of drug-likeness (QED) is 0.654. The van der Waals surface area contributed by atoms with Crippen LogP contribution in [0.3, 0.4) is 0 Å². The van der Waals surface area contributed by atoms with Crippen LogP contribution < -0.4 is 11.1 Å². The molecule has 0 aliphatic carbocycles. The zero-order chi connectivity index (χ0) is 9.80. The Morgan fingerprint density at radius 1 is 1.43 bits per heavy atom. The van der Waals surface area contributed by atoms with Crippen molar-refractivity contribution in [3.63, 3.8) is 0 Å². The zero-order valence-electron chi connectivity index (χ0n) is 8.71. The van der Waals surface area contributed by atoms with E-state index in [4.69, 9.17) is 5.73 Å². The van der Waals surface area contributed by atoms with Crippen LogP contribution in [0.15, 0.2) is 4.99 Å². The first-order valence-corrected chi connectivity index (χ1v) is 5.63. The van der Waals surface area contributed by atoms with Crippen LogP contribution in [0.5, 0.6) is 0 Å². The van der Waals surface area contributed by atoms with Crippen LogP contribution in [0.25, 0.3) is 0 Å². The lowest BCUT2D eigenvalue weighted by Crippen LogP contribution is -2.43. The van der Waals surface area contributed by atoms with Gasteiger partial charge in [-0.25, -0.2) is 0 Å². The molecule has 2 rings (SSSR count). The molecule has 2 aliphatic rings. The highest BCUT2D eigenvalue weighted by Crippen LogP contribution is 2.19. The van der Waals surface area contributed by atoms with E-state index in [9.17, 15) is 0 Å². The third-order valence-corrected chi connectivity index (χ3v) is 3.15. The second-order valence-electron chi connectivity index (χ2n) is 4.14. The van der Waals surface area contributed by atoms with Gasteiger partial charge in [-0.05, 0) is 31.7 Å². The molecular weight excluding hydrogens is 176 g/mol. The minimum atomic E-state index is 0.837. The average Bonchev–Trinajstić information content (AvgIpc) is 2.72. The predicted molar refractivity (Wildman–Crippen MR) is 58.3 cm³/mol. The minimum Gasteiger partial charge on any atom is -0.354 e. The van der Waals surface area contributed by atoms with Gasteiger partial charge in [0.15, 0.2) is 5.96 Å². The maximum Gasteiger partial charge on any atom is 0.194 e. The molecule has 3 N–H and O–H groups in total. The van der Waals surface area contributed by atoms with Gasteiger partial charge in [0.2, 0.25) is 0 Å². The van der Waals surface area contributed by atoms with Crippen LogP contribution >= 0.6 is 0 Å². The number of nitrogens with one attached hydrogen (secondary N) is 1. The van der Waals surface area contributed by atoms with E-state index >= 15 is 0 Å². The molecule has 4 nitrogen and oxygen atoms in total. The summed E-state index contributed by atoms with van der Waals surface area (Å²) >= 11 is 0. The fourth-order valence-electron chi connectivity index (χ4n) is 2.27. The molecule has 2 heterocycles. The van der Waals surface area contributed by atoms with E-state index in [1.807, 2.05) is 0 Å². The van der Waals surface area contributed by atoms with Crippen molar-refractivity contribution in [1.82, 2.24) is 10.2 Å². The molecule has 1 saturated heterocycles. The Labute approximate surface area is 85.6 Å². The standard InChI is InChI=1S/C10H20N4/c11-4-1-9-2-7-14(8-3-9)10-12-5-6-13-10/h9H,1-8,11H2,(H,12,13). The highest BCUT2D eigenvalue weighted by Gasteiger charge is 2.21. The smallest absolute Gasteiger partial charge is 0.194 e. The van der Waals surface area contributed by atoms with E-state index in [0.717, 1.165) is 44.6 Å². The van der Waals surface area contributed by atoms with Gasteiger partial charge in [-0.2, -0.15) is 0 Å². The van der Waals surface area contributed by atoms with E-state index in [0.29, 0.717) is 0 Å². The van der Waals surface area contributed by atoms with Gasteiger partial charge in [0, 0.05) is 19.6 Å². The highest BCUT2D eigenvalue weighted by molar-refractivity contribution is 5.81. The van der Waals surface area contributed by atoms with E-state index < -0.39 is 0 Å². The summed E-state index contributed by atoms with van der Waals surface area (Å²) in [4.78, 5) is 6.81. The molecule has 0 aromatic rings. The van der Waals surface area contributed by atoms with Crippen molar-refractivity contribution in [3.05, 3.63) is 0 Å². The molecule has 1 fully saturated rings. The monoisotopic (exact) mass is 196 g/mol. The summed E-state index contributed by atoms with van der Waals surface area (Å²) in [7, 11) is 0. The molecular formula is C10H20N4. The Balaban J connectivity index is 1.78. The number of nitrogens with two attached hydrogens (primary N) is 1. The maximum absolute atomic E-state index is 5.57. The Hall–Kier alpha value is -0.770. The molecule has 0 radical (unpaired) electrons. The second kappa shape index (κ2) is 4.64. The van der Waals surface area contributed by atoms with Crippen LogP contribution in [0.1, 0.15) is 19.3 Å². The number of nitrogens with zero attached hydrogens (tertiary/aromatic N) is 2. The largest absolute Gasteiger partial charge is 0.354 e. The summed E-state index contributed by atoms with van der Waals surface area (Å²) in [6, 6.07) is 0. The van der Waals surface area contributed by atoms with Gasteiger partial charge >= 0.3 is 0 Å². The van der Waals surface area contributed by atoms with Crippen molar-refractivity contribution in [2.75, 3.05) is 32.7 Å². The molecule has 80 valence electrons. The molecule has 2 aliphatic heterocycles. The summed E-state index contributed by atoms with van der Waals surface area (Å²) in [5, 5.41) is 3.32. The summed E-state index contributed by atoms with van der Waals surface area (Å²) in [5.74, 6) is 1.97. The van der Waals surface area contributed by atoms with Crippen molar-refractivity contribution in [2.24, 2.45) is 16.6 Å². The van der Waals surface area contributed by atoms with E-state index in [2.05, 4.69) is 15.2 Å². The van der Waals surface area contributed by atoms with Gasteiger partial charge in [0.05, 0.1) is 6.54 Å². The van der Waals surface area contributed by atoms with E-state index in [-0.39, 0.29) is 0 Å². The van der Waals surface area contributed by atoms with Crippen molar-refractivity contribution < 1.29 is 0 Å². The van der Waals surface area contributed by atoms with Gasteiger partial charge in [-0.3, -0.25) is 4.99 Å². The van der Waals surface area contributed by atoms with E-state index in [1.54, 1.807) is 0 Å². The number of piperidine rings is 1. The molecule has 0 atom stereocenters. The number of hydrogen-bond acceptors (Lipinski definition) is 4. The average molecular weight is 196 g/mol. The first-order chi connectivity index (χ1) is 6.90. The van der Waals surface area contributed by atoms with Gasteiger partial charge in [-0.1, -0.05) is 0 Å². The molecule has 0 aromatic carbocycles. The predicted octanol–water partition coefficient (Wildman–Crippen LogP) is 0.00640. The molecule has 0 spiro atoms. The lowest BCUT2D eigenvalue weighted by molar-refractivity contribution is 0.254. The fraction of sp³-hybridized carbons (Fsp3) is 0.900.